The Morgan fingerprint density at radius 2 is 1.77 bits per heavy atom. The van der Waals surface area contributed by atoms with E-state index in [1.54, 1.807) is 0 Å². The molecule has 0 unspecified atom stereocenters. The zero-order valence-electron chi connectivity index (χ0n) is 10.8. The second-order valence-corrected chi connectivity index (χ2v) is 4.17. The molecule has 0 radical (unpaired) electrons. The van der Waals surface area contributed by atoms with E-state index in [0.717, 1.165) is 24.4 Å². The number of aromatic hydroxyl groups is 3. The number of halogens is 3. The van der Waals surface area contributed by atoms with E-state index >= 15 is 0 Å². The van der Waals surface area contributed by atoms with Gasteiger partial charge in [-0.2, -0.15) is 18.3 Å². The predicted molar refractivity (Wildman–Crippen MR) is 71.9 cm³/mol. The number of anilines is 1. The number of hydrogen-bond acceptors (Lipinski definition) is 6. The van der Waals surface area contributed by atoms with Gasteiger partial charge in [-0.15, -0.1) is 0 Å². The number of phenols is 3. The molecule has 0 atom stereocenters. The summed E-state index contributed by atoms with van der Waals surface area (Å²) in [5.74, 6) is -1.71. The van der Waals surface area contributed by atoms with Crippen molar-refractivity contribution in [3.05, 3.63) is 41.6 Å². The maximum Gasteiger partial charge on any atom is 0.417 e. The van der Waals surface area contributed by atoms with Gasteiger partial charge in [-0.1, -0.05) is 0 Å². The molecular formula is C13H10F3N3O3. The van der Waals surface area contributed by atoms with Crippen LogP contribution in [-0.4, -0.2) is 26.5 Å². The van der Waals surface area contributed by atoms with Crippen molar-refractivity contribution in [3.8, 4) is 17.2 Å². The van der Waals surface area contributed by atoms with E-state index in [0.29, 0.717) is 6.20 Å². The van der Waals surface area contributed by atoms with E-state index in [1.807, 2.05) is 0 Å². The molecule has 0 saturated heterocycles. The van der Waals surface area contributed by atoms with Crippen LogP contribution >= 0.6 is 0 Å². The number of hydrazone groups is 1. The first kappa shape index (κ1) is 15.4. The minimum Gasteiger partial charge on any atom is -0.504 e. The molecule has 116 valence electrons. The molecule has 0 aliphatic rings. The van der Waals surface area contributed by atoms with Crippen molar-refractivity contribution in [1.29, 1.82) is 0 Å². The molecule has 0 spiro atoms. The highest BCUT2D eigenvalue weighted by atomic mass is 19.4. The van der Waals surface area contributed by atoms with Gasteiger partial charge in [-0.25, -0.2) is 4.98 Å². The first-order chi connectivity index (χ1) is 10.3. The summed E-state index contributed by atoms with van der Waals surface area (Å²) in [6.07, 6.45) is -2.71. The van der Waals surface area contributed by atoms with Gasteiger partial charge < -0.3 is 15.3 Å². The maximum absolute atomic E-state index is 12.3. The standard InChI is InChI=1S/C13H10F3N3O3/c14-13(15,16)8-2-4-10(17-6-8)19-18-5-7-1-3-9(20)12(22)11(7)21/h1-6,20-22H,(H,17,19). The summed E-state index contributed by atoms with van der Waals surface area (Å²) in [4.78, 5) is 3.53. The van der Waals surface area contributed by atoms with Gasteiger partial charge in [0.25, 0.3) is 0 Å². The minimum atomic E-state index is -4.47. The van der Waals surface area contributed by atoms with Crippen molar-refractivity contribution in [1.82, 2.24) is 4.98 Å². The summed E-state index contributed by atoms with van der Waals surface area (Å²) in [6, 6.07) is 4.37. The minimum absolute atomic E-state index is 0.0618. The second-order valence-electron chi connectivity index (χ2n) is 4.17. The Balaban J connectivity index is 2.08. The molecule has 4 N–H and O–H groups in total. The molecule has 22 heavy (non-hydrogen) atoms. The highest BCUT2D eigenvalue weighted by molar-refractivity contribution is 5.86. The monoisotopic (exact) mass is 313 g/mol. The lowest BCUT2D eigenvalue weighted by Gasteiger charge is -2.06. The highest BCUT2D eigenvalue weighted by Gasteiger charge is 2.30. The van der Waals surface area contributed by atoms with Crippen molar-refractivity contribution in [3.63, 3.8) is 0 Å². The average molecular weight is 313 g/mol. The molecule has 2 aromatic rings. The Hall–Kier alpha value is -2.97. The van der Waals surface area contributed by atoms with E-state index in [9.17, 15) is 23.4 Å². The van der Waals surface area contributed by atoms with Crippen molar-refractivity contribution < 1.29 is 28.5 Å². The third kappa shape index (κ3) is 3.37. The van der Waals surface area contributed by atoms with Crippen molar-refractivity contribution in [2.45, 2.75) is 6.18 Å². The number of phenolic OH excluding ortho intramolecular Hbond substituents is 3. The first-order valence-electron chi connectivity index (χ1n) is 5.85. The van der Waals surface area contributed by atoms with Crippen molar-refractivity contribution in [2.24, 2.45) is 5.10 Å². The topological polar surface area (TPSA) is 98.0 Å². The number of hydrogen-bond donors (Lipinski definition) is 4. The molecule has 0 amide bonds. The van der Waals surface area contributed by atoms with Gasteiger partial charge in [0, 0.05) is 11.8 Å². The lowest BCUT2D eigenvalue weighted by molar-refractivity contribution is -0.137. The van der Waals surface area contributed by atoms with Crippen LogP contribution in [0.4, 0.5) is 19.0 Å². The zero-order valence-corrected chi connectivity index (χ0v) is 10.8. The van der Waals surface area contributed by atoms with Crippen LogP contribution in [-0.2, 0) is 6.18 Å². The fraction of sp³-hybridized carbons (Fsp3) is 0.0769. The van der Waals surface area contributed by atoms with Crippen LogP contribution < -0.4 is 5.43 Å². The second kappa shape index (κ2) is 5.80. The number of aromatic nitrogens is 1. The van der Waals surface area contributed by atoms with Crippen molar-refractivity contribution >= 4 is 12.0 Å². The van der Waals surface area contributed by atoms with Gasteiger partial charge >= 0.3 is 6.18 Å². The number of nitrogens with zero attached hydrogens (tertiary/aromatic N) is 2. The maximum atomic E-state index is 12.3. The van der Waals surface area contributed by atoms with E-state index in [4.69, 9.17) is 5.11 Å². The highest BCUT2D eigenvalue weighted by Crippen LogP contribution is 2.36. The number of rotatable bonds is 3. The van der Waals surface area contributed by atoms with Crippen molar-refractivity contribution in [2.75, 3.05) is 5.43 Å². The van der Waals surface area contributed by atoms with Crippen LogP contribution in [0, 0.1) is 0 Å². The van der Waals surface area contributed by atoms with Crippen LogP contribution in [0.5, 0.6) is 17.2 Å². The fourth-order valence-electron chi connectivity index (χ4n) is 1.48. The van der Waals surface area contributed by atoms with Crippen LogP contribution in [0.1, 0.15) is 11.1 Å². The molecule has 0 aliphatic heterocycles. The van der Waals surface area contributed by atoms with E-state index in [1.165, 1.54) is 6.07 Å². The van der Waals surface area contributed by atoms with Crippen LogP contribution in [0.2, 0.25) is 0 Å². The smallest absolute Gasteiger partial charge is 0.417 e. The van der Waals surface area contributed by atoms with E-state index in [-0.39, 0.29) is 11.4 Å². The van der Waals surface area contributed by atoms with E-state index in [2.05, 4.69) is 15.5 Å². The third-order valence-electron chi connectivity index (χ3n) is 2.63. The summed E-state index contributed by atoms with van der Waals surface area (Å²) in [5, 5.41) is 31.7. The van der Waals surface area contributed by atoms with Gasteiger partial charge in [0.15, 0.2) is 11.5 Å². The largest absolute Gasteiger partial charge is 0.504 e. The molecule has 0 bridgehead atoms. The normalized spacial score (nSPS) is 11.8. The summed E-state index contributed by atoms with van der Waals surface area (Å²) < 4.78 is 37.0. The Morgan fingerprint density at radius 3 is 2.36 bits per heavy atom. The van der Waals surface area contributed by atoms with Gasteiger partial charge in [-0.05, 0) is 24.3 Å². The summed E-state index contributed by atoms with van der Waals surface area (Å²) in [6.45, 7) is 0. The first-order valence-corrected chi connectivity index (χ1v) is 5.85. The molecule has 6 nitrogen and oxygen atoms in total. The summed E-state index contributed by atoms with van der Waals surface area (Å²) in [7, 11) is 0. The van der Waals surface area contributed by atoms with Crippen LogP contribution in [0.15, 0.2) is 35.6 Å². The molecule has 1 heterocycles. The van der Waals surface area contributed by atoms with Crippen LogP contribution in [0.3, 0.4) is 0 Å². The molecule has 2 rings (SSSR count). The molecule has 0 fully saturated rings. The molecule has 9 heteroatoms. The Morgan fingerprint density at radius 1 is 1.05 bits per heavy atom. The molecular weight excluding hydrogens is 303 g/mol. The Labute approximate surface area is 122 Å². The Kier molecular flexibility index (Phi) is 4.06. The predicted octanol–water partition coefficient (Wildman–Crippen LogP) is 2.66. The van der Waals surface area contributed by atoms with Gasteiger partial charge in [0.05, 0.1) is 11.8 Å². The molecule has 1 aromatic carbocycles. The van der Waals surface area contributed by atoms with E-state index < -0.39 is 29.0 Å². The lowest BCUT2D eigenvalue weighted by atomic mass is 10.2. The van der Waals surface area contributed by atoms with Gasteiger partial charge in [-0.3, -0.25) is 5.43 Å². The molecule has 0 saturated carbocycles. The van der Waals surface area contributed by atoms with Crippen LogP contribution in [0.25, 0.3) is 0 Å². The number of nitrogens with one attached hydrogen (secondary N) is 1. The van der Waals surface area contributed by atoms with Gasteiger partial charge in [0.2, 0.25) is 5.75 Å². The number of pyridine rings is 1. The average Bonchev–Trinajstić information content (AvgIpc) is 2.47. The zero-order chi connectivity index (χ0) is 16.3. The molecule has 1 aromatic heterocycles. The third-order valence-corrected chi connectivity index (χ3v) is 2.63. The summed E-state index contributed by atoms with van der Waals surface area (Å²) in [5.41, 5.74) is 1.58. The van der Waals surface area contributed by atoms with Gasteiger partial charge in [0.1, 0.15) is 5.82 Å². The number of benzene rings is 1. The molecule has 0 aliphatic carbocycles. The quantitative estimate of drug-likeness (QED) is 0.397. The fourth-order valence-corrected chi connectivity index (χ4v) is 1.48. The number of alkyl halides is 3. The SMILES string of the molecule is Oc1ccc(C=NNc2ccc(C(F)(F)F)cn2)c(O)c1O. The summed E-state index contributed by atoms with van der Waals surface area (Å²) >= 11 is 0. The lowest BCUT2D eigenvalue weighted by Crippen LogP contribution is -2.05. The Bertz CT molecular complexity index is 700.